The van der Waals surface area contributed by atoms with Crippen molar-refractivity contribution in [3.63, 3.8) is 0 Å². The third-order valence-corrected chi connectivity index (χ3v) is 3.73. The van der Waals surface area contributed by atoms with Crippen LogP contribution < -0.4 is 4.74 Å². The van der Waals surface area contributed by atoms with E-state index in [-0.39, 0.29) is 5.41 Å². The van der Waals surface area contributed by atoms with Crippen LogP contribution in [0.1, 0.15) is 51.7 Å². The maximum Gasteiger partial charge on any atom is 0.122 e. The van der Waals surface area contributed by atoms with E-state index in [1.807, 2.05) is 0 Å². The number of hydrogen-bond acceptors (Lipinski definition) is 1. The summed E-state index contributed by atoms with van der Waals surface area (Å²) in [6, 6.07) is 6.50. The minimum atomic E-state index is 0.193. The molecule has 0 saturated carbocycles. The van der Waals surface area contributed by atoms with E-state index in [2.05, 4.69) is 52.8 Å². The van der Waals surface area contributed by atoms with Crippen molar-refractivity contribution in [2.24, 2.45) is 5.92 Å². The molecule has 1 aromatic carbocycles. The zero-order valence-electron chi connectivity index (χ0n) is 12.9. The molecule has 0 spiro atoms. The second-order valence-electron chi connectivity index (χ2n) is 6.45. The Labute approximate surface area is 123 Å². The van der Waals surface area contributed by atoms with Gasteiger partial charge in [-0.1, -0.05) is 39.8 Å². The molecule has 1 rings (SSSR count). The molecule has 1 aromatic rings. The zero-order chi connectivity index (χ0) is 14.5. The summed E-state index contributed by atoms with van der Waals surface area (Å²) < 4.78 is 5.88. The van der Waals surface area contributed by atoms with E-state index in [0.717, 1.165) is 31.1 Å². The summed E-state index contributed by atoms with van der Waals surface area (Å²) in [6.07, 6.45) is 2.13. The summed E-state index contributed by atoms with van der Waals surface area (Å²) >= 11 is 5.74. The Balaban J connectivity index is 2.56. The highest BCUT2D eigenvalue weighted by molar-refractivity contribution is 6.17. The second kappa shape index (κ2) is 7.19. The highest BCUT2D eigenvalue weighted by Gasteiger charge is 2.14. The van der Waals surface area contributed by atoms with Crippen molar-refractivity contribution in [1.29, 1.82) is 0 Å². The predicted molar refractivity (Wildman–Crippen MR) is 84.5 cm³/mol. The summed E-state index contributed by atoms with van der Waals surface area (Å²) in [5.41, 5.74) is 2.77. The predicted octanol–water partition coefficient (Wildman–Crippen LogP) is 5.33. The molecular weight excluding hydrogens is 256 g/mol. The smallest absolute Gasteiger partial charge is 0.122 e. The number of benzene rings is 1. The van der Waals surface area contributed by atoms with Gasteiger partial charge < -0.3 is 4.74 Å². The Hall–Kier alpha value is -0.690. The van der Waals surface area contributed by atoms with Crippen LogP contribution in [0.15, 0.2) is 18.2 Å². The van der Waals surface area contributed by atoms with E-state index < -0.39 is 0 Å². The molecule has 0 fully saturated rings. The van der Waals surface area contributed by atoms with Crippen molar-refractivity contribution in [2.45, 2.75) is 52.9 Å². The van der Waals surface area contributed by atoms with Gasteiger partial charge >= 0.3 is 0 Å². The molecule has 0 aliphatic rings. The number of hydrogen-bond donors (Lipinski definition) is 0. The third-order valence-electron chi connectivity index (χ3n) is 3.51. The lowest BCUT2D eigenvalue weighted by Gasteiger charge is -2.21. The summed E-state index contributed by atoms with van der Waals surface area (Å²) in [7, 11) is 0. The lowest BCUT2D eigenvalue weighted by molar-refractivity contribution is 0.280. The van der Waals surface area contributed by atoms with Gasteiger partial charge in [-0.25, -0.2) is 0 Å². The van der Waals surface area contributed by atoms with Gasteiger partial charge in [0.25, 0.3) is 0 Å². The Bertz CT molecular complexity index is 393. The normalized spacial score (nSPS) is 13.4. The average Bonchev–Trinajstić information content (AvgIpc) is 2.30. The van der Waals surface area contributed by atoms with Crippen LogP contribution >= 0.6 is 11.6 Å². The van der Waals surface area contributed by atoms with Crippen molar-refractivity contribution < 1.29 is 4.74 Å². The molecule has 1 atom stereocenters. The molecule has 1 unspecified atom stereocenters. The quantitative estimate of drug-likeness (QED) is 0.641. The number of halogens is 1. The van der Waals surface area contributed by atoms with Gasteiger partial charge in [-0.05, 0) is 48.3 Å². The molecule has 108 valence electrons. The number of alkyl halides is 1. The van der Waals surface area contributed by atoms with Crippen LogP contribution in [0.5, 0.6) is 5.75 Å². The summed E-state index contributed by atoms with van der Waals surface area (Å²) in [5, 5.41) is 0. The van der Waals surface area contributed by atoms with Crippen LogP contribution in [0.2, 0.25) is 0 Å². The SMILES string of the molecule is Cc1cc(C(C)(C)C)ccc1OCCC(C)CCCl. The van der Waals surface area contributed by atoms with Crippen LogP contribution in [0.3, 0.4) is 0 Å². The van der Waals surface area contributed by atoms with Crippen molar-refractivity contribution in [2.75, 3.05) is 12.5 Å². The fourth-order valence-electron chi connectivity index (χ4n) is 1.98. The molecule has 2 heteroatoms. The van der Waals surface area contributed by atoms with E-state index in [4.69, 9.17) is 16.3 Å². The molecule has 0 aliphatic carbocycles. The monoisotopic (exact) mass is 282 g/mol. The first-order valence-corrected chi connectivity index (χ1v) is 7.68. The average molecular weight is 283 g/mol. The van der Waals surface area contributed by atoms with Gasteiger partial charge in [0.15, 0.2) is 0 Å². The maximum atomic E-state index is 5.88. The van der Waals surface area contributed by atoms with Crippen molar-refractivity contribution in [1.82, 2.24) is 0 Å². The topological polar surface area (TPSA) is 9.23 Å². The minimum Gasteiger partial charge on any atom is -0.493 e. The largest absolute Gasteiger partial charge is 0.493 e. The molecule has 19 heavy (non-hydrogen) atoms. The molecule has 0 N–H and O–H groups in total. The molecule has 0 saturated heterocycles. The second-order valence-corrected chi connectivity index (χ2v) is 6.83. The number of ether oxygens (including phenoxy) is 1. The molecule has 0 aromatic heterocycles. The Kier molecular flexibility index (Phi) is 6.19. The van der Waals surface area contributed by atoms with Crippen LogP contribution in [0.4, 0.5) is 0 Å². The highest BCUT2D eigenvalue weighted by Crippen LogP contribution is 2.27. The van der Waals surface area contributed by atoms with Crippen LogP contribution in [0, 0.1) is 12.8 Å². The molecule has 1 nitrogen and oxygen atoms in total. The first-order valence-electron chi connectivity index (χ1n) is 7.14. The minimum absolute atomic E-state index is 0.193. The van der Waals surface area contributed by atoms with E-state index >= 15 is 0 Å². The van der Waals surface area contributed by atoms with Gasteiger partial charge in [-0.2, -0.15) is 0 Å². The molecule has 0 amide bonds. The highest BCUT2D eigenvalue weighted by atomic mass is 35.5. The molecular formula is C17H27ClO. The van der Waals surface area contributed by atoms with Gasteiger partial charge in [0.1, 0.15) is 5.75 Å². The van der Waals surface area contributed by atoms with Crippen molar-refractivity contribution >= 4 is 11.6 Å². The lowest BCUT2D eigenvalue weighted by atomic mass is 9.86. The van der Waals surface area contributed by atoms with Crippen LogP contribution in [0.25, 0.3) is 0 Å². The lowest BCUT2D eigenvalue weighted by Crippen LogP contribution is -2.11. The van der Waals surface area contributed by atoms with E-state index in [1.54, 1.807) is 0 Å². The van der Waals surface area contributed by atoms with Crippen molar-refractivity contribution in [3.8, 4) is 5.75 Å². The molecule has 0 heterocycles. The van der Waals surface area contributed by atoms with E-state index in [1.165, 1.54) is 11.1 Å². The fourth-order valence-corrected chi connectivity index (χ4v) is 2.35. The van der Waals surface area contributed by atoms with Crippen molar-refractivity contribution in [3.05, 3.63) is 29.3 Å². The van der Waals surface area contributed by atoms with Gasteiger partial charge in [-0.15, -0.1) is 11.6 Å². The molecule has 0 radical (unpaired) electrons. The maximum absolute atomic E-state index is 5.88. The Morgan fingerprint density at radius 2 is 1.89 bits per heavy atom. The summed E-state index contributed by atoms with van der Waals surface area (Å²) in [6.45, 7) is 11.8. The molecule has 0 bridgehead atoms. The molecule has 0 aliphatic heterocycles. The van der Waals surface area contributed by atoms with Gasteiger partial charge in [0.2, 0.25) is 0 Å². The van der Waals surface area contributed by atoms with Gasteiger partial charge in [0, 0.05) is 5.88 Å². The zero-order valence-corrected chi connectivity index (χ0v) is 13.7. The first-order chi connectivity index (χ1) is 8.84. The first kappa shape index (κ1) is 16.4. The fraction of sp³-hybridized carbons (Fsp3) is 0.647. The Morgan fingerprint density at radius 1 is 1.21 bits per heavy atom. The van der Waals surface area contributed by atoms with E-state index in [0.29, 0.717) is 5.92 Å². The number of rotatable bonds is 6. The van der Waals surface area contributed by atoms with E-state index in [9.17, 15) is 0 Å². The van der Waals surface area contributed by atoms with Crippen LogP contribution in [-0.4, -0.2) is 12.5 Å². The van der Waals surface area contributed by atoms with Gasteiger partial charge in [-0.3, -0.25) is 0 Å². The Morgan fingerprint density at radius 3 is 2.42 bits per heavy atom. The van der Waals surface area contributed by atoms with Crippen LogP contribution in [-0.2, 0) is 5.41 Å². The number of aryl methyl sites for hydroxylation is 1. The standard InChI is InChI=1S/C17H27ClO/c1-13(8-10-18)9-11-19-16-7-6-15(12-14(16)2)17(3,4)5/h6-7,12-13H,8-11H2,1-5H3. The summed E-state index contributed by atoms with van der Waals surface area (Å²) in [5.74, 6) is 2.37. The third kappa shape index (κ3) is 5.44. The van der Waals surface area contributed by atoms with Gasteiger partial charge in [0.05, 0.1) is 6.61 Å². The summed E-state index contributed by atoms with van der Waals surface area (Å²) in [4.78, 5) is 0.